The molecule has 0 saturated carbocycles. The molecule has 1 aromatic heterocycles. The van der Waals surface area contributed by atoms with Crippen LogP contribution in [0.25, 0.3) is 0 Å². The summed E-state index contributed by atoms with van der Waals surface area (Å²) < 4.78 is 6.18. The summed E-state index contributed by atoms with van der Waals surface area (Å²) in [5.41, 5.74) is 1.76. The molecule has 6 heteroatoms. The topological polar surface area (TPSA) is 45.5 Å². The Hall–Kier alpha value is -1.79. The van der Waals surface area contributed by atoms with Crippen LogP contribution in [0.1, 0.15) is 34.5 Å². The third-order valence-electron chi connectivity index (χ3n) is 3.92. The molecule has 1 aromatic carbocycles. The van der Waals surface area contributed by atoms with Gasteiger partial charge in [-0.3, -0.25) is 4.79 Å². The van der Waals surface area contributed by atoms with Gasteiger partial charge in [-0.25, -0.2) is 0 Å². The number of thiocarbonyl (C=S) groups is 1. The Morgan fingerprint density at radius 1 is 1.25 bits per heavy atom. The Kier molecular flexibility index (Phi) is 5.93. The van der Waals surface area contributed by atoms with Crippen LogP contribution in [0, 0.1) is 0 Å². The lowest BCUT2D eigenvalue weighted by atomic mass is 10.1. The highest BCUT2D eigenvalue weighted by molar-refractivity contribution is 8.22. The lowest BCUT2D eigenvalue weighted by molar-refractivity contribution is 0.0948. The van der Waals surface area contributed by atoms with Gasteiger partial charge in [-0.15, -0.1) is 0 Å². The van der Waals surface area contributed by atoms with Gasteiger partial charge < -0.3 is 14.6 Å². The van der Waals surface area contributed by atoms with Crippen LogP contribution >= 0.6 is 24.0 Å². The first-order chi connectivity index (χ1) is 11.7. The van der Waals surface area contributed by atoms with Crippen molar-refractivity contribution in [3.05, 3.63) is 59.5 Å². The van der Waals surface area contributed by atoms with Gasteiger partial charge in [-0.05, 0) is 42.7 Å². The average molecular weight is 361 g/mol. The summed E-state index contributed by atoms with van der Waals surface area (Å²) in [7, 11) is 0. The number of furan rings is 1. The van der Waals surface area contributed by atoms with E-state index in [1.807, 2.05) is 36.4 Å². The van der Waals surface area contributed by atoms with Crippen LogP contribution < -0.4 is 5.32 Å². The number of amides is 1. The first-order valence-electron chi connectivity index (χ1n) is 8.03. The number of hydrogen-bond donors (Lipinski definition) is 1. The van der Waals surface area contributed by atoms with E-state index in [0.29, 0.717) is 12.1 Å². The van der Waals surface area contributed by atoms with Crippen LogP contribution in [0.3, 0.4) is 0 Å². The molecule has 0 spiro atoms. The molecule has 1 aliphatic rings. The van der Waals surface area contributed by atoms with Crippen LogP contribution in [0.5, 0.6) is 0 Å². The van der Waals surface area contributed by atoms with Gasteiger partial charge in [-0.1, -0.05) is 36.1 Å². The Morgan fingerprint density at radius 3 is 2.83 bits per heavy atom. The van der Waals surface area contributed by atoms with Crippen molar-refractivity contribution in [3.63, 3.8) is 0 Å². The van der Waals surface area contributed by atoms with Crippen LogP contribution in [0.4, 0.5) is 0 Å². The Bertz CT molecular complexity index is 695. The molecule has 4 nitrogen and oxygen atoms in total. The Balaban J connectivity index is 1.53. The minimum atomic E-state index is -0.0969. The summed E-state index contributed by atoms with van der Waals surface area (Å²) in [5.74, 6) is 1.43. The molecule has 3 rings (SSSR count). The third kappa shape index (κ3) is 4.61. The number of nitrogens with zero attached hydrogens (tertiary/aromatic N) is 1. The number of thioether (sulfide) groups is 1. The van der Waals surface area contributed by atoms with Gasteiger partial charge in [-0.2, -0.15) is 0 Å². The molecule has 1 saturated heterocycles. The zero-order valence-electron chi connectivity index (χ0n) is 13.4. The van der Waals surface area contributed by atoms with Crippen molar-refractivity contribution < 1.29 is 9.21 Å². The van der Waals surface area contributed by atoms with Crippen molar-refractivity contribution >= 4 is 34.2 Å². The number of carbonyl (C=O) groups is 1. The molecular weight excluding hydrogens is 340 g/mol. The van der Waals surface area contributed by atoms with Crippen molar-refractivity contribution in [1.82, 2.24) is 10.2 Å². The second-order valence-corrected chi connectivity index (χ2v) is 7.32. The van der Waals surface area contributed by atoms with Crippen molar-refractivity contribution in [1.29, 1.82) is 0 Å². The highest BCUT2D eigenvalue weighted by Crippen LogP contribution is 2.20. The minimum absolute atomic E-state index is 0.0969. The van der Waals surface area contributed by atoms with Gasteiger partial charge in [0.1, 0.15) is 10.1 Å². The molecule has 0 unspecified atom stereocenters. The number of carbonyl (C=O) groups excluding carboxylic acids is 1. The maximum atomic E-state index is 12.2. The molecular formula is C18H20N2O2S2. The number of likely N-dealkylation sites (tertiary alicyclic amines) is 1. The van der Waals surface area contributed by atoms with Crippen molar-refractivity contribution in [2.24, 2.45) is 0 Å². The summed E-state index contributed by atoms with van der Waals surface area (Å²) in [6.45, 7) is 2.53. The first-order valence-corrected chi connectivity index (χ1v) is 9.43. The predicted octanol–water partition coefficient (Wildman–Crippen LogP) is 3.82. The zero-order valence-corrected chi connectivity index (χ0v) is 15.0. The van der Waals surface area contributed by atoms with Gasteiger partial charge in [0.15, 0.2) is 0 Å². The molecule has 0 atom stereocenters. The fourth-order valence-corrected chi connectivity index (χ4v) is 3.82. The van der Waals surface area contributed by atoms with E-state index in [4.69, 9.17) is 16.6 Å². The fourth-order valence-electron chi connectivity index (χ4n) is 2.62. The number of rotatable bonds is 5. The van der Waals surface area contributed by atoms with Gasteiger partial charge >= 0.3 is 0 Å². The number of nitrogens with one attached hydrogen (secondary N) is 1. The molecule has 2 aromatic rings. The molecule has 1 N–H and O–H groups in total. The highest BCUT2D eigenvalue weighted by Gasteiger charge is 2.15. The largest absolute Gasteiger partial charge is 0.467 e. The van der Waals surface area contributed by atoms with Gasteiger partial charge in [0.25, 0.3) is 5.91 Å². The summed E-state index contributed by atoms with van der Waals surface area (Å²) in [5, 5.41) is 2.86. The molecule has 1 amide bonds. The minimum Gasteiger partial charge on any atom is -0.467 e. The molecule has 24 heavy (non-hydrogen) atoms. The second kappa shape index (κ2) is 8.35. The summed E-state index contributed by atoms with van der Waals surface area (Å²) >= 11 is 7.15. The lowest BCUT2D eigenvalue weighted by Gasteiger charge is -2.17. The van der Waals surface area contributed by atoms with E-state index < -0.39 is 0 Å². The van der Waals surface area contributed by atoms with Crippen LogP contribution in [-0.4, -0.2) is 28.2 Å². The van der Waals surface area contributed by atoms with E-state index >= 15 is 0 Å². The van der Waals surface area contributed by atoms with Crippen molar-refractivity contribution in [2.75, 3.05) is 13.1 Å². The number of benzene rings is 1. The highest BCUT2D eigenvalue weighted by atomic mass is 32.2. The van der Waals surface area contributed by atoms with Gasteiger partial charge in [0.05, 0.1) is 12.8 Å². The third-order valence-corrected chi connectivity index (χ3v) is 5.51. The molecule has 0 radical (unpaired) electrons. The normalized spacial score (nSPS) is 13.9. The van der Waals surface area contributed by atoms with Crippen molar-refractivity contribution in [3.8, 4) is 0 Å². The lowest BCUT2D eigenvalue weighted by Crippen LogP contribution is -2.23. The summed E-state index contributed by atoms with van der Waals surface area (Å²) in [6.07, 6.45) is 4.06. The summed E-state index contributed by atoms with van der Waals surface area (Å²) in [4.78, 5) is 14.5. The van der Waals surface area contributed by atoms with Crippen LogP contribution in [0.2, 0.25) is 0 Å². The maximum Gasteiger partial charge on any atom is 0.251 e. The van der Waals surface area contributed by atoms with Crippen LogP contribution in [-0.2, 0) is 12.3 Å². The van der Waals surface area contributed by atoms with E-state index in [1.54, 1.807) is 18.0 Å². The predicted molar refractivity (Wildman–Crippen MR) is 101 cm³/mol. The number of hydrogen-bond acceptors (Lipinski definition) is 4. The molecule has 1 fully saturated rings. The van der Waals surface area contributed by atoms with E-state index in [2.05, 4.69) is 10.2 Å². The molecule has 0 aliphatic carbocycles. The molecule has 126 valence electrons. The SMILES string of the molecule is O=C(NCc1ccco1)c1cccc(CSC(=S)N2CCCC2)c1. The molecule has 2 heterocycles. The monoisotopic (exact) mass is 360 g/mol. The summed E-state index contributed by atoms with van der Waals surface area (Å²) in [6, 6.07) is 11.3. The first kappa shape index (κ1) is 17.0. The maximum absolute atomic E-state index is 12.2. The van der Waals surface area contributed by atoms with Gasteiger partial charge in [0.2, 0.25) is 0 Å². The van der Waals surface area contributed by atoms with Crippen molar-refractivity contribution in [2.45, 2.75) is 25.1 Å². The quantitative estimate of drug-likeness (QED) is 0.821. The Morgan fingerprint density at radius 2 is 2.08 bits per heavy atom. The van der Waals surface area contributed by atoms with Gasteiger partial charge in [0, 0.05) is 24.4 Å². The van der Waals surface area contributed by atoms with Crippen LogP contribution in [0.15, 0.2) is 47.1 Å². The fraction of sp³-hybridized carbons (Fsp3) is 0.333. The Labute approximate surface area is 151 Å². The molecule has 0 bridgehead atoms. The second-order valence-electron chi connectivity index (χ2n) is 5.71. The standard InChI is InChI=1S/C18H20N2O2S2/c21-17(19-12-16-7-4-10-22-16)15-6-3-5-14(11-15)13-24-18(23)20-8-1-2-9-20/h3-7,10-11H,1-2,8-9,12-13H2,(H,19,21). The smallest absolute Gasteiger partial charge is 0.251 e. The molecule has 1 aliphatic heterocycles. The van der Waals surface area contributed by atoms with E-state index in [-0.39, 0.29) is 5.91 Å². The average Bonchev–Trinajstić information content (AvgIpc) is 3.31. The van der Waals surface area contributed by atoms with E-state index in [9.17, 15) is 4.79 Å². The zero-order chi connectivity index (χ0) is 16.8. The van der Waals surface area contributed by atoms with E-state index in [0.717, 1.165) is 34.5 Å². The van der Waals surface area contributed by atoms with E-state index in [1.165, 1.54) is 12.8 Å².